The Morgan fingerprint density at radius 1 is 1.19 bits per heavy atom. The fourth-order valence-electron chi connectivity index (χ4n) is 3.76. The summed E-state index contributed by atoms with van der Waals surface area (Å²) in [6.45, 7) is 0.955. The van der Waals surface area contributed by atoms with E-state index in [1.54, 1.807) is 11.0 Å². The molecular weight excluding hydrogens is 334 g/mol. The summed E-state index contributed by atoms with van der Waals surface area (Å²) in [5.74, 6) is 0.362. The van der Waals surface area contributed by atoms with E-state index in [-0.39, 0.29) is 17.3 Å². The molecule has 1 aromatic carbocycles. The van der Waals surface area contributed by atoms with Crippen LogP contribution in [0.4, 0.5) is 0 Å². The number of hydrogen-bond donors (Lipinski definition) is 1. The molecule has 1 saturated heterocycles. The molecule has 7 nitrogen and oxygen atoms in total. The van der Waals surface area contributed by atoms with Crippen molar-refractivity contribution in [2.45, 2.75) is 31.3 Å². The molecule has 0 bridgehead atoms. The van der Waals surface area contributed by atoms with E-state index < -0.39 is 11.2 Å². The number of para-hydroxylation sites is 1. The Morgan fingerprint density at radius 3 is 2.88 bits per heavy atom. The lowest BCUT2D eigenvalue weighted by molar-refractivity contribution is 0.0300. The highest BCUT2D eigenvalue weighted by Gasteiger charge is 2.42. The molecule has 7 heteroatoms. The highest BCUT2D eigenvalue weighted by atomic mass is 16.5. The smallest absolute Gasteiger partial charge is 0.263 e. The summed E-state index contributed by atoms with van der Waals surface area (Å²) in [6.07, 6.45) is 4.82. The average Bonchev–Trinajstić information content (AvgIpc) is 2.84. The third-order valence-corrected chi connectivity index (χ3v) is 5.13. The number of carbonyl (C=O) groups is 2. The Hall–Kier alpha value is -2.96. The van der Waals surface area contributed by atoms with Crippen molar-refractivity contribution in [3.8, 4) is 5.75 Å². The van der Waals surface area contributed by atoms with Crippen molar-refractivity contribution in [1.29, 1.82) is 0 Å². The first-order chi connectivity index (χ1) is 12.6. The molecule has 1 fully saturated rings. The van der Waals surface area contributed by atoms with Gasteiger partial charge in [-0.15, -0.1) is 0 Å². The second kappa shape index (κ2) is 6.40. The van der Waals surface area contributed by atoms with Gasteiger partial charge in [-0.2, -0.15) is 0 Å². The van der Waals surface area contributed by atoms with Crippen molar-refractivity contribution < 1.29 is 14.3 Å². The van der Waals surface area contributed by atoms with Gasteiger partial charge in [-0.25, -0.2) is 4.98 Å². The predicted molar refractivity (Wildman–Crippen MR) is 93.4 cm³/mol. The molecule has 2 aliphatic rings. The summed E-state index contributed by atoms with van der Waals surface area (Å²) in [6, 6.07) is 7.28. The van der Waals surface area contributed by atoms with Gasteiger partial charge in [0.2, 0.25) is 0 Å². The minimum Gasteiger partial charge on any atom is -0.486 e. The van der Waals surface area contributed by atoms with Crippen LogP contribution in [-0.2, 0) is 0 Å². The molecule has 1 spiro atoms. The van der Waals surface area contributed by atoms with Gasteiger partial charge in [-0.3, -0.25) is 14.4 Å². The van der Waals surface area contributed by atoms with Crippen LogP contribution in [0, 0.1) is 0 Å². The predicted octanol–water partition coefficient (Wildman–Crippen LogP) is 1.80. The summed E-state index contributed by atoms with van der Waals surface area (Å²) in [7, 11) is 0. The van der Waals surface area contributed by atoms with E-state index in [0.717, 1.165) is 0 Å². The Bertz CT molecular complexity index is 923. The maximum Gasteiger partial charge on any atom is 0.263 e. The largest absolute Gasteiger partial charge is 0.486 e. The Kier molecular flexibility index (Phi) is 4.06. The minimum atomic E-state index is -0.582. The number of ether oxygens (including phenoxy) is 1. The third kappa shape index (κ3) is 2.89. The van der Waals surface area contributed by atoms with Crippen molar-refractivity contribution in [2.75, 3.05) is 13.1 Å². The Morgan fingerprint density at radius 2 is 2.04 bits per heavy atom. The van der Waals surface area contributed by atoms with Crippen molar-refractivity contribution in [3.05, 3.63) is 58.3 Å². The minimum absolute atomic E-state index is 0.0365. The van der Waals surface area contributed by atoms with E-state index in [1.807, 2.05) is 18.2 Å². The van der Waals surface area contributed by atoms with Crippen LogP contribution in [0.1, 0.15) is 46.4 Å². The van der Waals surface area contributed by atoms with Gasteiger partial charge >= 0.3 is 0 Å². The lowest BCUT2D eigenvalue weighted by Crippen LogP contribution is -2.43. The molecule has 1 atom stereocenters. The molecule has 4 rings (SSSR count). The van der Waals surface area contributed by atoms with Gasteiger partial charge in [0.05, 0.1) is 18.3 Å². The molecule has 2 aliphatic heterocycles. The number of rotatable bonds is 1. The fourth-order valence-corrected chi connectivity index (χ4v) is 3.76. The van der Waals surface area contributed by atoms with Gasteiger partial charge in [0.15, 0.2) is 5.78 Å². The lowest BCUT2D eigenvalue weighted by Gasteiger charge is -2.37. The van der Waals surface area contributed by atoms with E-state index in [9.17, 15) is 14.4 Å². The zero-order chi connectivity index (χ0) is 18.1. The number of likely N-dealkylation sites (tertiary alicyclic amines) is 1. The van der Waals surface area contributed by atoms with E-state index in [4.69, 9.17) is 4.74 Å². The number of nitrogens with one attached hydrogen (secondary N) is 1. The van der Waals surface area contributed by atoms with Gasteiger partial charge in [0.1, 0.15) is 16.9 Å². The fraction of sp³-hybridized carbons (Fsp3) is 0.368. The van der Waals surface area contributed by atoms with Gasteiger partial charge < -0.3 is 14.6 Å². The zero-order valence-corrected chi connectivity index (χ0v) is 14.2. The number of amides is 1. The summed E-state index contributed by atoms with van der Waals surface area (Å²) in [5.41, 5.74) is -0.365. The maximum atomic E-state index is 12.7. The molecule has 1 aromatic heterocycles. The number of aromatic amines is 1. The first kappa shape index (κ1) is 16.5. The molecule has 1 N–H and O–H groups in total. The van der Waals surface area contributed by atoms with E-state index in [0.29, 0.717) is 50.1 Å². The molecule has 1 amide bonds. The van der Waals surface area contributed by atoms with Crippen LogP contribution in [0.5, 0.6) is 5.75 Å². The lowest BCUT2D eigenvalue weighted by atomic mass is 9.84. The molecule has 0 saturated carbocycles. The monoisotopic (exact) mass is 353 g/mol. The molecule has 2 aromatic rings. The number of aromatic nitrogens is 2. The first-order valence-corrected chi connectivity index (χ1v) is 8.71. The van der Waals surface area contributed by atoms with Crippen LogP contribution in [0.3, 0.4) is 0 Å². The summed E-state index contributed by atoms with van der Waals surface area (Å²) in [4.78, 5) is 45.0. The van der Waals surface area contributed by atoms with Crippen LogP contribution in [0.25, 0.3) is 0 Å². The standard InChI is InChI=1S/C19H19N3O4/c23-15-10-19(26-16-5-2-1-4-13(15)16)6-3-8-22(9-7-19)18(25)14-11-20-12-21-17(14)24/h1-2,4-5,11-12H,3,6-10H2,(H,20,21,24). The normalized spacial score (nSPS) is 22.5. The Balaban J connectivity index is 1.54. The second-order valence-electron chi connectivity index (χ2n) is 6.82. The zero-order valence-electron chi connectivity index (χ0n) is 14.2. The van der Waals surface area contributed by atoms with Crippen LogP contribution < -0.4 is 10.3 Å². The molecule has 0 radical (unpaired) electrons. The molecule has 26 heavy (non-hydrogen) atoms. The molecule has 3 heterocycles. The number of hydrogen-bond acceptors (Lipinski definition) is 5. The van der Waals surface area contributed by atoms with Crippen LogP contribution in [0.15, 0.2) is 41.6 Å². The molecular formula is C19H19N3O4. The number of H-pyrrole nitrogens is 1. The van der Waals surface area contributed by atoms with Gasteiger partial charge in [-0.1, -0.05) is 12.1 Å². The molecule has 134 valence electrons. The third-order valence-electron chi connectivity index (χ3n) is 5.13. The van der Waals surface area contributed by atoms with Gasteiger partial charge in [0, 0.05) is 25.7 Å². The summed E-state index contributed by atoms with van der Waals surface area (Å²) >= 11 is 0. The number of fused-ring (bicyclic) bond motifs is 1. The van der Waals surface area contributed by atoms with Gasteiger partial charge in [0.25, 0.3) is 11.5 Å². The molecule has 1 unspecified atom stereocenters. The SMILES string of the molecule is O=C1CC2(CCCN(C(=O)c3cnc[nH]c3=O)CC2)Oc2ccccc21. The number of carbonyl (C=O) groups excluding carboxylic acids is 2. The van der Waals surface area contributed by atoms with Crippen molar-refractivity contribution >= 4 is 11.7 Å². The topological polar surface area (TPSA) is 92.4 Å². The highest BCUT2D eigenvalue weighted by molar-refractivity contribution is 6.00. The average molecular weight is 353 g/mol. The highest BCUT2D eigenvalue weighted by Crippen LogP contribution is 2.39. The number of ketones is 1. The maximum absolute atomic E-state index is 12.7. The van der Waals surface area contributed by atoms with E-state index >= 15 is 0 Å². The first-order valence-electron chi connectivity index (χ1n) is 8.71. The quantitative estimate of drug-likeness (QED) is 0.844. The summed E-state index contributed by atoms with van der Waals surface area (Å²) in [5, 5.41) is 0. The number of benzene rings is 1. The Labute approximate surface area is 150 Å². The van der Waals surface area contributed by atoms with Crippen LogP contribution >= 0.6 is 0 Å². The van der Waals surface area contributed by atoms with Crippen molar-refractivity contribution in [1.82, 2.24) is 14.9 Å². The van der Waals surface area contributed by atoms with Crippen molar-refractivity contribution in [2.24, 2.45) is 0 Å². The van der Waals surface area contributed by atoms with E-state index in [2.05, 4.69) is 9.97 Å². The summed E-state index contributed by atoms with van der Waals surface area (Å²) < 4.78 is 6.23. The van der Waals surface area contributed by atoms with Crippen LogP contribution in [-0.4, -0.2) is 45.2 Å². The molecule has 0 aliphatic carbocycles. The second-order valence-corrected chi connectivity index (χ2v) is 6.82. The van der Waals surface area contributed by atoms with Crippen LogP contribution in [0.2, 0.25) is 0 Å². The van der Waals surface area contributed by atoms with Gasteiger partial charge in [-0.05, 0) is 25.0 Å². The van der Waals surface area contributed by atoms with E-state index in [1.165, 1.54) is 12.5 Å². The number of nitrogens with zero attached hydrogens (tertiary/aromatic N) is 2. The number of Topliss-reactive ketones (excluding diaryl/α,β-unsaturated/α-hetero) is 1. The van der Waals surface area contributed by atoms with Crippen molar-refractivity contribution in [3.63, 3.8) is 0 Å².